The van der Waals surface area contributed by atoms with Crippen LogP contribution in [0.15, 0.2) is 41.8 Å². The molecule has 0 aliphatic carbocycles. The highest BCUT2D eigenvalue weighted by Gasteiger charge is 2.28. The summed E-state index contributed by atoms with van der Waals surface area (Å²) in [5, 5.41) is 6.78. The van der Waals surface area contributed by atoms with Gasteiger partial charge in [0.2, 0.25) is 5.91 Å². The topological polar surface area (TPSA) is 80.3 Å². The van der Waals surface area contributed by atoms with Gasteiger partial charge in [0.1, 0.15) is 34.8 Å². The SMILES string of the molecule is COc1ccc(F)cc1-c1csc(NC(=O)C(NC(=O)c2c(F)cccc2F)C(C)C)n1. The number of anilines is 1. The maximum Gasteiger partial charge on any atom is 0.257 e. The fraction of sp³-hybridized carbons (Fsp3) is 0.227. The molecule has 1 atom stereocenters. The van der Waals surface area contributed by atoms with Crippen molar-refractivity contribution in [2.45, 2.75) is 19.9 Å². The Balaban J connectivity index is 1.78. The summed E-state index contributed by atoms with van der Waals surface area (Å²) in [7, 11) is 1.44. The predicted octanol–water partition coefficient (Wildman–Crippen LogP) is 4.63. The van der Waals surface area contributed by atoms with E-state index in [9.17, 15) is 22.8 Å². The molecule has 1 unspecified atom stereocenters. The quantitative estimate of drug-likeness (QED) is 0.536. The van der Waals surface area contributed by atoms with Crippen molar-refractivity contribution in [3.8, 4) is 17.0 Å². The molecule has 10 heteroatoms. The van der Waals surface area contributed by atoms with Gasteiger partial charge >= 0.3 is 0 Å². The van der Waals surface area contributed by atoms with Crippen LogP contribution in [0.2, 0.25) is 0 Å². The number of carbonyl (C=O) groups excluding carboxylic acids is 2. The molecular weight excluding hydrogens is 443 g/mol. The first-order valence-corrected chi connectivity index (χ1v) is 10.4. The van der Waals surface area contributed by atoms with Crippen molar-refractivity contribution in [2.75, 3.05) is 12.4 Å². The van der Waals surface area contributed by atoms with Crippen molar-refractivity contribution in [1.29, 1.82) is 0 Å². The van der Waals surface area contributed by atoms with Crippen LogP contribution in [-0.2, 0) is 4.79 Å². The van der Waals surface area contributed by atoms with Crippen LogP contribution in [0.3, 0.4) is 0 Å². The monoisotopic (exact) mass is 463 g/mol. The van der Waals surface area contributed by atoms with E-state index in [0.717, 1.165) is 29.5 Å². The molecule has 3 rings (SSSR count). The summed E-state index contributed by atoms with van der Waals surface area (Å²) in [6.07, 6.45) is 0. The molecule has 0 saturated heterocycles. The molecule has 2 N–H and O–H groups in total. The smallest absolute Gasteiger partial charge is 0.257 e. The van der Waals surface area contributed by atoms with Crippen molar-refractivity contribution in [3.05, 3.63) is 64.8 Å². The summed E-state index contributed by atoms with van der Waals surface area (Å²) >= 11 is 1.09. The molecule has 2 aromatic carbocycles. The number of amides is 2. The van der Waals surface area contributed by atoms with Crippen molar-refractivity contribution in [1.82, 2.24) is 10.3 Å². The Morgan fingerprint density at radius 2 is 1.78 bits per heavy atom. The van der Waals surface area contributed by atoms with Crippen molar-refractivity contribution in [2.24, 2.45) is 5.92 Å². The Bertz CT molecular complexity index is 1130. The second-order valence-corrected chi connectivity index (χ2v) is 8.02. The highest BCUT2D eigenvalue weighted by molar-refractivity contribution is 7.14. The van der Waals surface area contributed by atoms with E-state index >= 15 is 0 Å². The van der Waals surface area contributed by atoms with Gasteiger partial charge in [0.05, 0.1) is 12.8 Å². The third-order valence-electron chi connectivity index (χ3n) is 4.60. The van der Waals surface area contributed by atoms with Crippen molar-refractivity contribution in [3.63, 3.8) is 0 Å². The van der Waals surface area contributed by atoms with Gasteiger partial charge in [0, 0.05) is 10.9 Å². The molecule has 6 nitrogen and oxygen atoms in total. The van der Waals surface area contributed by atoms with Gasteiger partial charge in [0.25, 0.3) is 5.91 Å². The van der Waals surface area contributed by atoms with Crippen LogP contribution in [0.5, 0.6) is 5.75 Å². The first-order valence-electron chi connectivity index (χ1n) is 9.56. The minimum atomic E-state index is -1.09. The van der Waals surface area contributed by atoms with Gasteiger partial charge in [-0.05, 0) is 36.2 Å². The van der Waals surface area contributed by atoms with Gasteiger partial charge in [-0.2, -0.15) is 0 Å². The van der Waals surface area contributed by atoms with Crippen molar-refractivity contribution >= 4 is 28.3 Å². The molecule has 168 valence electrons. The largest absolute Gasteiger partial charge is 0.496 e. The molecular formula is C22H20F3N3O3S. The number of thiazole rings is 1. The van der Waals surface area contributed by atoms with Gasteiger partial charge in [-0.3, -0.25) is 9.59 Å². The Morgan fingerprint density at radius 3 is 2.41 bits per heavy atom. The molecule has 0 aliphatic rings. The lowest BCUT2D eigenvalue weighted by molar-refractivity contribution is -0.118. The third-order valence-corrected chi connectivity index (χ3v) is 5.36. The molecule has 1 heterocycles. The number of nitrogens with zero attached hydrogens (tertiary/aromatic N) is 1. The summed E-state index contributed by atoms with van der Waals surface area (Å²) in [6, 6.07) is 5.96. The lowest BCUT2D eigenvalue weighted by Gasteiger charge is -2.21. The van der Waals surface area contributed by atoms with Gasteiger partial charge < -0.3 is 15.4 Å². The van der Waals surface area contributed by atoms with Gasteiger partial charge in [0.15, 0.2) is 5.13 Å². The summed E-state index contributed by atoms with van der Waals surface area (Å²) in [4.78, 5) is 29.5. The highest BCUT2D eigenvalue weighted by Crippen LogP contribution is 2.32. The number of aromatic nitrogens is 1. The minimum Gasteiger partial charge on any atom is -0.496 e. The molecule has 0 saturated carbocycles. The zero-order valence-corrected chi connectivity index (χ0v) is 18.2. The standard InChI is InChI=1S/C22H20F3N3O3S/c1-11(2)19(27-20(29)18-14(24)5-4-6-15(18)25)21(30)28-22-26-16(10-32-22)13-9-12(23)7-8-17(13)31-3/h4-11,19H,1-3H3,(H,27,29)(H,26,28,30). The second kappa shape index (κ2) is 9.82. The molecule has 0 radical (unpaired) electrons. The highest BCUT2D eigenvalue weighted by atomic mass is 32.1. The van der Waals surface area contributed by atoms with Gasteiger partial charge in [-0.15, -0.1) is 11.3 Å². The number of nitrogens with one attached hydrogen (secondary N) is 2. The van der Waals surface area contributed by atoms with Crippen LogP contribution in [0.25, 0.3) is 11.3 Å². The summed E-state index contributed by atoms with van der Waals surface area (Å²) in [6.45, 7) is 3.35. The number of hydrogen-bond donors (Lipinski definition) is 2. The molecule has 1 aromatic heterocycles. The Hall–Kier alpha value is -3.40. The van der Waals surface area contributed by atoms with E-state index < -0.39 is 46.8 Å². The predicted molar refractivity (Wildman–Crippen MR) is 115 cm³/mol. The Morgan fingerprint density at radius 1 is 1.09 bits per heavy atom. The van der Waals surface area contributed by atoms with E-state index in [1.807, 2.05) is 0 Å². The second-order valence-electron chi connectivity index (χ2n) is 7.16. The van der Waals surface area contributed by atoms with E-state index in [1.165, 1.54) is 25.3 Å². The molecule has 2 amide bonds. The molecule has 0 fully saturated rings. The van der Waals surface area contributed by atoms with E-state index in [4.69, 9.17) is 4.74 Å². The maximum absolute atomic E-state index is 13.9. The number of benzene rings is 2. The zero-order chi connectivity index (χ0) is 23.4. The Kier molecular flexibility index (Phi) is 7.14. The summed E-state index contributed by atoms with van der Waals surface area (Å²) < 4.78 is 46.7. The molecule has 0 aliphatic heterocycles. The number of halogens is 3. The number of ether oxygens (including phenoxy) is 1. The fourth-order valence-electron chi connectivity index (χ4n) is 2.98. The number of methoxy groups -OCH3 is 1. The molecule has 32 heavy (non-hydrogen) atoms. The average molecular weight is 463 g/mol. The Labute approximate surface area is 186 Å². The molecule has 0 bridgehead atoms. The third kappa shape index (κ3) is 5.08. The number of hydrogen-bond acceptors (Lipinski definition) is 5. The van der Waals surface area contributed by atoms with Crippen LogP contribution >= 0.6 is 11.3 Å². The lowest BCUT2D eigenvalue weighted by atomic mass is 10.0. The van der Waals surface area contributed by atoms with Crippen LogP contribution < -0.4 is 15.4 Å². The number of carbonyl (C=O) groups is 2. The first-order chi connectivity index (χ1) is 15.2. The van der Waals surface area contributed by atoms with Crippen LogP contribution in [0, 0.1) is 23.4 Å². The summed E-state index contributed by atoms with van der Waals surface area (Å²) in [5.74, 6) is -4.17. The van der Waals surface area contributed by atoms with E-state index in [2.05, 4.69) is 15.6 Å². The zero-order valence-electron chi connectivity index (χ0n) is 17.4. The number of rotatable bonds is 7. The fourth-order valence-corrected chi connectivity index (χ4v) is 3.69. The molecule has 3 aromatic rings. The van der Waals surface area contributed by atoms with Crippen LogP contribution in [-0.4, -0.2) is 29.9 Å². The van der Waals surface area contributed by atoms with Crippen LogP contribution in [0.4, 0.5) is 18.3 Å². The van der Waals surface area contributed by atoms with Gasteiger partial charge in [-0.1, -0.05) is 19.9 Å². The van der Waals surface area contributed by atoms with E-state index in [-0.39, 0.29) is 5.13 Å². The maximum atomic E-state index is 13.9. The van der Waals surface area contributed by atoms with Crippen molar-refractivity contribution < 1.29 is 27.5 Å². The van der Waals surface area contributed by atoms with E-state index in [0.29, 0.717) is 17.0 Å². The molecule has 0 spiro atoms. The normalized spacial score (nSPS) is 11.8. The minimum absolute atomic E-state index is 0.202. The van der Waals surface area contributed by atoms with Crippen LogP contribution in [0.1, 0.15) is 24.2 Å². The van der Waals surface area contributed by atoms with E-state index in [1.54, 1.807) is 19.2 Å². The average Bonchev–Trinajstić information content (AvgIpc) is 3.19. The van der Waals surface area contributed by atoms with Gasteiger partial charge in [-0.25, -0.2) is 18.2 Å². The summed E-state index contributed by atoms with van der Waals surface area (Å²) in [5.41, 5.74) is 0.0360. The first kappa shape index (κ1) is 23.3. The lowest BCUT2D eigenvalue weighted by Crippen LogP contribution is -2.47.